The highest BCUT2D eigenvalue weighted by Gasteiger charge is 2.30. The summed E-state index contributed by atoms with van der Waals surface area (Å²) in [7, 11) is -3.22. The van der Waals surface area contributed by atoms with E-state index in [1.165, 1.54) is 4.31 Å². The number of rotatable bonds is 2. The summed E-state index contributed by atoms with van der Waals surface area (Å²) in [6.07, 6.45) is 1.79. The molecule has 126 valence electrons. The summed E-state index contributed by atoms with van der Waals surface area (Å²) >= 11 is 0. The van der Waals surface area contributed by atoms with Crippen LogP contribution in [0.1, 0.15) is 37.0 Å². The smallest absolute Gasteiger partial charge is 0.253 e. The van der Waals surface area contributed by atoms with Crippen molar-refractivity contribution in [3.8, 4) is 0 Å². The molecule has 0 spiro atoms. The van der Waals surface area contributed by atoms with Gasteiger partial charge in [0.05, 0.1) is 11.4 Å². The maximum Gasteiger partial charge on any atom is 0.253 e. The van der Waals surface area contributed by atoms with E-state index in [-0.39, 0.29) is 11.7 Å². The molecular formula is C17H24N2O3S. The molecule has 5 nitrogen and oxygen atoms in total. The first-order valence-corrected chi connectivity index (χ1v) is 9.87. The standard InChI is InChI=1S/C17H24N2O3S/c1-13-9-14(2)12-18(11-13)17(20)15-5-3-6-16(10-15)19-7-4-8-23(19,21)22/h3,5-6,10,13-14H,4,7-9,11-12H2,1-2H3. The first kappa shape index (κ1) is 16.3. The number of nitrogens with zero attached hydrogens (tertiary/aromatic N) is 2. The quantitative estimate of drug-likeness (QED) is 0.833. The Labute approximate surface area is 138 Å². The van der Waals surface area contributed by atoms with Gasteiger partial charge in [0.2, 0.25) is 10.0 Å². The molecule has 0 radical (unpaired) electrons. The van der Waals surface area contributed by atoms with Gasteiger partial charge in [-0.15, -0.1) is 0 Å². The van der Waals surface area contributed by atoms with Crippen molar-refractivity contribution in [2.24, 2.45) is 11.8 Å². The third-order valence-corrected chi connectivity index (χ3v) is 6.51. The van der Waals surface area contributed by atoms with Crippen molar-refractivity contribution >= 4 is 21.6 Å². The number of hydrogen-bond acceptors (Lipinski definition) is 3. The Morgan fingerprint density at radius 3 is 2.48 bits per heavy atom. The average Bonchev–Trinajstić information content (AvgIpc) is 2.85. The van der Waals surface area contributed by atoms with Crippen LogP contribution in [0.2, 0.25) is 0 Å². The Hall–Kier alpha value is -1.56. The van der Waals surface area contributed by atoms with Crippen molar-refractivity contribution in [1.29, 1.82) is 0 Å². The average molecular weight is 336 g/mol. The molecule has 0 saturated carbocycles. The number of sulfonamides is 1. The van der Waals surface area contributed by atoms with E-state index < -0.39 is 10.0 Å². The lowest BCUT2D eigenvalue weighted by atomic mass is 9.91. The maximum absolute atomic E-state index is 12.8. The molecule has 2 saturated heterocycles. The third kappa shape index (κ3) is 3.37. The van der Waals surface area contributed by atoms with E-state index in [1.807, 2.05) is 4.90 Å². The van der Waals surface area contributed by atoms with Crippen LogP contribution in [0.5, 0.6) is 0 Å². The lowest BCUT2D eigenvalue weighted by molar-refractivity contribution is 0.0623. The highest BCUT2D eigenvalue weighted by atomic mass is 32.2. The third-order valence-electron chi connectivity index (χ3n) is 4.64. The van der Waals surface area contributed by atoms with Crippen LogP contribution in [0, 0.1) is 11.8 Å². The van der Waals surface area contributed by atoms with Crippen LogP contribution >= 0.6 is 0 Å². The molecule has 2 unspecified atom stereocenters. The minimum Gasteiger partial charge on any atom is -0.338 e. The molecule has 0 bridgehead atoms. The van der Waals surface area contributed by atoms with Crippen LogP contribution < -0.4 is 4.31 Å². The summed E-state index contributed by atoms with van der Waals surface area (Å²) in [5.41, 5.74) is 1.18. The number of piperidine rings is 1. The van der Waals surface area contributed by atoms with Gasteiger partial charge in [0.1, 0.15) is 0 Å². The Balaban J connectivity index is 1.83. The van der Waals surface area contributed by atoms with Crippen LogP contribution in [-0.2, 0) is 10.0 Å². The van der Waals surface area contributed by atoms with Crippen LogP contribution in [-0.4, -0.2) is 44.6 Å². The van der Waals surface area contributed by atoms with E-state index in [9.17, 15) is 13.2 Å². The second kappa shape index (κ2) is 6.15. The lowest BCUT2D eigenvalue weighted by Gasteiger charge is -2.35. The first-order valence-electron chi connectivity index (χ1n) is 8.26. The van der Waals surface area contributed by atoms with Gasteiger partial charge in [-0.2, -0.15) is 0 Å². The molecule has 2 atom stereocenters. The van der Waals surface area contributed by atoms with E-state index in [2.05, 4.69) is 13.8 Å². The fourth-order valence-electron chi connectivity index (χ4n) is 3.73. The van der Waals surface area contributed by atoms with E-state index in [4.69, 9.17) is 0 Å². The van der Waals surface area contributed by atoms with Crippen molar-refractivity contribution in [3.05, 3.63) is 29.8 Å². The van der Waals surface area contributed by atoms with Gasteiger partial charge in [0.15, 0.2) is 0 Å². The lowest BCUT2D eigenvalue weighted by Crippen LogP contribution is -2.42. The van der Waals surface area contributed by atoms with Crippen molar-refractivity contribution in [1.82, 2.24) is 4.90 Å². The highest BCUT2D eigenvalue weighted by Crippen LogP contribution is 2.27. The van der Waals surface area contributed by atoms with Crippen molar-refractivity contribution in [3.63, 3.8) is 0 Å². The van der Waals surface area contributed by atoms with Gasteiger partial charge in [-0.25, -0.2) is 8.42 Å². The van der Waals surface area contributed by atoms with Gasteiger partial charge >= 0.3 is 0 Å². The Morgan fingerprint density at radius 1 is 1.17 bits per heavy atom. The second-order valence-electron chi connectivity index (χ2n) is 6.95. The van der Waals surface area contributed by atoms with Gasteiger partial charge in [0.25, 0.3) is 5.91 Å². The normalized spacial score (nSPS) is 27.2. The monoisotopic (exact) mass is 336 g/mol. The zero-order chi connectivity index (χ0) is 16.6. The molecule has 1 amide bonds. The van der Waals surface area contributed by atoms with Gasteiger partial charge in [-0.3, -0.25) is 9.10 Å². The molecule has 6 heteroatoms. The van der Waals surface area contributed by atoms with Gasteiger partial charge in [-0.05, 0) is 42.9 Å². The molecule has 0 aliphatic carbocycles. The molecule has 2 aliphatic rings. The summed E-state index contributed by atoms with van der Waals surface area (Å²) < 4.78 is 25.5. The van der Waals surface area contributed by atoms with Crippen LogP contribution in [0.15, 0.2) is 24.3 Å². The molecule has 23 heavy (non-hydrogen) atoms. The van der Waals surface area contributed by atoms with Gasteiger partial charge in [0, 0.05) is 25.2 Å². The van der Waals surface area contributed by atoms with Crippen LogP contribution in [0.3, 0.4) is 0 Å². The summed E-state index contributed by atoms with van der Waals surface area (Å²) in [6.45, 7) is 6.38. The number of benzene rings is 1. The molecule has 1 aromatic rings. The summed E-state index contributed by atoms with van der Waals surface area (Å²) in [5.74, 6) is 1.20. The Morgan fingerprint density at radius 2 is 1.87 bits per heavy atom. The Kier molecular flexibility index (Phi) is 4.36. The number of carbonyl (C=O) groups excluding carboxylic acids is 1. The molecular weight excluding hydrogens is 312 g/mol. The summed E-state index contributed by atoms with van der Waals surface area (Å²) in [5, 5.41) is 0. The van der Waals surface area contributed by atoms with Gasteiger partial charge in [-0.1, -0.05) is 19.9 Å². The first-order chi connectivity index (χ1) is 10.9. The number of hydrogen-bond donors (Lipinski definition) is 0. The van der Waals surface area contributed by atoms with E-state index >= 15 is 0 Å². The molecule has 0 aromatic heterocycles. The number of anilines is 1. The highest BCUT2D eigenvalue weighted by molar-refractivity contribution is 7.93. The van der Waals surface area contributed by atoms with Crippen molar-refractivity contribution in [2.45, 2.75) is 26.7 Å². The maximum atomic E-state index is 12.8. The van der Waals surface area contributed by atoms with Crippen molar-refractivity contribution < 1.29 is 13.2 Å². The SMILES string of the molecule is CC1CC(C)CN(C(=O)c2cccc(N3CCCS3(=O)=O)c2)C1. The minimum absolute atomic E-state index is 0.00171. The summed E-state index contributed by atoms with van der Waals surface area (Å²) in [4.78, 5) is 14.7. The molecule has 2 heterocycles. The number of amides is 1. The topological polar surface area (TPSA) is 57.7 Å². The van der Waals surface area contributed by atoms with Crippen molar-refractivity contribution in [2.75, 3.05) is 29.7 Å². The molecule has 0 N–H and O–H groups in total. The van der Waals surface area contributed by atoms with E-state index in [0.29, 0.717) is 36.1 Å². The Bertz CT molecular complexity index is 692. The fourth-order valence-corrected chi connectivity index (χ4v) is 5.29. The second-order valence-corrected chi connectivity index (χ2v) is 8.96. The van der Waals surface area contributed by atoms with E-state index in [1.54, 1.807) is 24.3 Å². The summed E-state index contributed by atoms with van der Waals surface area (Å²) in [6, 6.07) is 7.03. The number of likely N-dealkylation sites (tertiary alicyclic amines) is 1. The molecule has 2 aliphatic heterocycles. The van der Waals surface area contributed by atoms with Crippen LogP contribution in [0.4, 0.5) is 5.69 Å². The predicted molar refractivity (Wildman–Crippen MR) is 91.0 cm³/mol. The minimum atomic E-state index is -3.22. The molecule has 1 aromatic carbocycles. The van der Waals surface area contributed by atoms with Gasteiger partial charge < -0.3 is 4.90 Å². The zero-order valence-corrected chi connectivity index (χ0v) is 14.6. The molecule has 3 rings (SSSR count). The van der Waals surface area contributed by atoms with Crippen LogP contribution in [0.25, 0.3) is 0 Å². The fraction of sp³-hybridized carbons (Fsp3) is 0.588. The van der Waals surface area contributed by atoms with E-state index in [0.717, 1.165) is 19.5 Å². The molecule has 2 fully saturated rings. The zero-order valence-electron chi connectivity index (χ0n) is 13.7. The number of carbonyl (C=O) groups is 1. The largest absolute Gasteiger partial charge is 0.338 e. The predicted octanol–water partition coefficient (Wildman–Crippen LogP) is 2.34.